The Balaban J connectivity index is 1.34. The summed E-state index contributed by atoms with van der Waals surface area (Å²) in [6, 6.07) is 13.8. The number of anilines is 1. The van der Waals surface area contributed by atoms with Crippen LogP contribution in [0.2, 0.25) is 5.02 Å². The lowest BCUT2D eigenvalue weighted by molar-refractivity contribution is -0.133. The van der Waals surface area contributed by atoms with Gasteiger partial charge in [-0.3, -0.25) is 9.59 Å². The van der Waals surface area contributed by atoms with Crippen molar-refractivity contribution in [2.24, 2.45) is 0 Å². The van der Waals surface area contributed by atoms with Crippen molar-refractivity contribution in [2.75, 3.05) is 43.4 Å². The van der Waals surface area contributed by atoms with Gasteiger partial charge in [0.05, 0.1) is 6.54 Å². The molecule has 0 saturated carbocycles. The lowest BCUT2D eigenvalue weighted by atomic mass is 10.2. The Morgan fingerprint density at radius 2 is 1.79 bits per heavy atom. The van der Waals surface area contributed by atoms with E-state index in [0.29, 0.717) is 30.3 Å². The standard InChI is InChI=1S/C21H23ClFN3O2S/c22-16-2-1-3-18(14-16)25-9-11-26(12-10-25)21(28)15-24-20(27)8-13-29-19-6-4-17(23)5-7-19/h1-7,14H,8-13,15H2,(H,24,27). The molecule has 0 radical (unpaired) electrons. The third-order valence-electron chi connectivity index (χ3n) is 4.65. The number of carbonyl (C=O) groups is 2. The zero-order valence-corrected chi connectivity index (χ0v) is 17.5. The van der Waals surface area contributed by atoms with Crippen LogP contribution >= 0.6 is 23.4 Å². The fourth-order valence-corrected chi connectivity index (χ4v) is 4.09. The molecule has 0 aromatic heterocycles. The van der Waals surface area contributed by atoms with E-state index in [0.717, 1.165) is 23.7 Å². The SMILES string of the molecule is O=C(CCSc1ccc(F)cc1)NCC(=O)N1CCN(c2cccc(Cl)c2)CC1. The van der Waals surface area contributed by atoms with Crippen LogP contribution in [0.1, 0.15) is 6.42 Å². The van der Waals surface area contributed by atoms with E-state index in [9.17, 15) is 14.0 Å². The molecule has 1 aliphatic rings. The average molecular weight is 436 g/mol. The summed E-state index contributed by atoms with van der Waals surface area (Å²) in [5.41, 5.74) is 1.05. The first-order valence-corrected chi connectivity index (χ1v) is 10.8. The minimum atomic E-state index is -0.279. The van der Waals surface area contributed by atoms with Gasteiger partial charge in [-0.15, -0.1) is 11.8 Å². The maximum atomic E-state index is 12.9. The van der Waals surface area contributed by atoms with Crippen molar-refractivity contribution in [2.45, 2.75) is 11.3 Å². The van der Waals surface area contributed by atoms with E-state index in [-0.39, 0.29) is 24.2 Å². The highest BCUT2D eigenvalue weighted by molar-refractivity contribution is 7.99. The van der Waals surface area contributed by atoms with Crippen LogP contribution in [0.3, 0.4) is 0 Å². The second kappa shape index (κ2) is 10.5. The maximum absolute atomic E-state index is 12.9. The molecule has 3 rings (SSSR count). The number of benzene rings is 2. The van der Waals surface area contributed by atoms with E-state index in [2.05, 4.69) is 10.2 Å². The summed E-state index contributed by atoms with van der Waals surface area (Å²) in [5.74, 6) is 0.0593. The summed E-state index contributed by atoms with van der Waals surface area (Å²) in [6.07, 6.45) is 0.303. The number of hydrogen-bond acceptors (Lipinski definition) is 4. The highest BCUT2D eigenvalue weighted by Crippen LogP contribution is 2.21. The lowest BCUT2D eigenvalue weighted by Gasteiger charge is -2.36. The highest BCUT2D eigenvalue weighted by atomic mass is 35.5. The molecule has 154 valence electrons. The van der Waals surface area contributed by atoms with Gasteiger partial charge >= 0.3 is 0 Å². The molecule has 1 N–H and O–H groups in total. The van der Waals surface area contributed by atoms with Crippen molar-refractivity contribution in [1.29, 1.82) is 0 Å². The first kappa shape index (κ1) is 21.5. The molecule has 2 aromatic rings. The molecule has 0 unspecified atom stereocenters. The Morgan fingerprint density at radius 3 is 2.48 bits per heavy atom. The van der Waals surface area contributed by atoms with Gasteiger partial charge in [-0.05, 0) is 42.5 Å². The summed E-state index contributed by atoms with van der Waals surface area (Å²) in [7, 11) is 0. The van der Waals surface area contributed by atoms with Gasteiger partial charge < -0.3 is 15.1 Å². The van der Waals surface area contributed by atoms with Crippen molar-refractivity contribution in [3.05, 3.63) is 59.4 Å². The molecule has 0 bridgehead atoms. The third-order valence-corrected chi connectivity index (χ3v) is 5.90. The van der Waals surface area contributed by atoms with Crippen LogP contribution in [-0.4, -0.2) is 55.2 Å². The lowest BCUT2D eigenvalue weighted by Crippen LogP contribution is -2.51. The fraction of sp³-hybridized carbons (Fsp3) is 0.333. The van der Waals surface area contributed by atoms with Gasteiger partial charge in [0.1, 0.15) is 5.82 Å². The second-order valence-electron chi connectivity index (χ2n) is 6.68. The van der Waals surface area contributed by atoms with Crippen LogP contribution in [0.25, 0.3) is 0 Å². The van der Waals surface area contributed by atoms with Gasteiger partial charge in [0.15, 0.2) is 0 Å². The Morgan fingerprint density at radius 1 is 1.07 bits per heavy atom. The van der Waals surface area contributed by atoms with Gasteiger partial charge in [0, 0.05) is 54.0 Å². The molecule has 0 spiro atoms. The smallest absolute Gasteiger partial charge is 0.242 e. The predicted octanol–water partition coefficient (Wildman–Crippen LogP) is 3.43. The predicted molar refractivity (Wildman–Crippen MR) is 115 cm³/mol. The Hall–Kier alpha value is -2.25. The number of nitrogens with one attached hydrogen (secondary N) is 1. The van der Waals surface area contributed by atoms with E-state index >= 15 is 0 Å². The van der Waals surface area contributed by atoms with Crippen LogP contribution in [0.4, 0.5) is 10.1 Å². The minimum Gasteiger partial charge on any atom is -0.368 e. The maximum Gasteiger partial charge on any atom is 0.242 e. The summed E-state index contributed by atoms with van der Waals surface area (Å²) < 4.78 is 12.9. The topological polar surface area (TPSA) is 52.7 Å². The van der Waals surface area contributed by atoms with Gasteiger partial charge in [-0.25, -0.2) is 4.39 Å². The molecular formula is C21H23ClFN3O2S. The minimum absolute atomic E-state index is 0.0111. The van der Waals surface area contributed by atoms with Crippen LogP contribution < -0.4 is 10.2 Å². The molecule has 1 fully saturated rings. The summed E-state index contributed by atoms with van der Waals surface area (Å²) in [4.78, 5) is 29.2. The fourth-order valence-electron chi connectivity index (χ4n) is 3.05. The number of hydrogen-bond donors (Lipinski definition) is 1. The van der Waals surface area contributed by atoms with Crippen molar-refractivity contribution in [3.8, 4) is 0 Å². The molecule has 1 aliphatic heterocycles. The van der Waals surface area contributed by atoms with E-state index in [1.165, 1.54) is 23.9 Å². The molecule has 1 saturated heterocycles. The molecule has 5 nitrogen and oxygen atoms in total. The number of rotatable bonds is 7. The van der Waals surface area contributed by atoms with E-state index in [1.54, 1.807) is 17.0 Å². The Kier molecular flexibility index (Phi) is 7.77. The molecule has 0 atom stereocenters. The van der Waals surface area contributed by atoms with Gasteiger partial charge in [0.25, 0.3) is 0 Å². The monoisotopic (exact) mass is 435 g/mol. The van der Waals surface area contributed by atoms with E-state index in [4.69, 9.17) is 11.6 Å². The van der Waals surface area contributed by atoms with Gasteiger partial charge in [-0.1, -0.05) is 17.7 Å². The van der Waals surface area contributed by atoms with Crippen molar-refractivity contribution >= 4 is 40.9 Å². The average Bonchev–Trinajstić information content (AvgIpc) is 2.73. The van der Waals surface area contributed by atoms with Crippen LogP contribution in [0.5, 0.6) is 0 Å². The van der Waals surface area contributed by atoms with Crippen molar-refractivity contribution in [1.82, 2.24) is 10.2 Å². The van der Waals surface area contributed by atoms with Gasteiger partial charge in [0.2, 0.25) is 11.8 Å². The number of halogens is 2. The third kappa shape index (κ3) is 6.65. The van der Waals surface area contributed by atoms with Crippen LogP contribution in [-0.2, 0) is 9.59 Å². The molecule has 0 aliphatic carbocycles. The normalized spacial score (nSPS) is 14.0. The number of thioether (sulfide) groups is 1. The second-order valence-corrected chi connectivity index (χ2v) is 8.28. The summed E-state index contributed by atoms with van der Waals surface area (Å²) in [6.45, 7) is 2.70. The van der Waals surface area contributed by atoms with Gasteiger partial charge in [-0.2, -0.15) is 0 Å². The first-order chi connectivity index (χ1) is 14.0. The summed E-state index contributed by atoms with van der Waals surface area (Å²) in [5, 5.41) is 3.39. The largest absolute Gasteiger partial charge is 0.368 e. The zero-order valence-electron chi connectivity index (χ0n) is 15.9. The quantitative estimate of drug-likeness (QED) is 0.677. The van der Waals surface area contributed by atoms with E-state index < -0.39 is 0 Å². The molecular weight excluding hydrogens is 413 g/mol. The van der Waals surface area contributed by atoms with Crippen molar-refractivity contribution in [3.63, 3.8) is 0 Å². The Bertz CT molecular complexity index is 842. The highest BCUT2D eigenvalue weighted by Gasteiger charge is 2.21. The van der Waals surface area contributed by atoms with Crippen LogP contribution in [0, 0.1) is 5.82 Å². The van der Waals surface area contributed by atoms with E-state index in [1.807, 2.05) is 24.3 Å². The number of nitrogens with zero attached hydrogens (tertiary/aromatic N) is 2. The molecule has 1 heterocycles. The number of amides is 2. The number of piperazine rings is 1. The molecule has 29 heavy (non-hydrogen) atoms. The summed E-state index contributed by atoms with van der Waals surface area (Å²) >= 11 is 7.52. The molecule has 8 heteroatoms. The van der Waals surface area contributed by atoms with Crippen LogP contribution in [0.15, 0.2) is 53.4 Å². The Labute approximate surface area is 179 Å². The number of carbonyl (C=O) groups excluding carboxylic acids is 2. The molecule has 2 amide bonds. The van der Waals surface area contributed by atoms with Crippen molar-refractivity contribution < 1.29 is 14.0 Å². The zero-order chi connectivity index (χ0) is 20.6. The molecule has 2 aromatic carbocycles. The first-order valence-electron chi connectivity index (χ1n) is 9.44.